The molecule has 5 nitrogen and oxygen atoms in total. The maximum Gasteiger partial charge on any atom is 0.258 e. The SMILES string of the molecule is O=C(COc1ncnc2c(Cl)cc(Cl)cc12)NC1CCCc2ccccc21. The van der Waals surface area contributed by atoms with Gasteiger partial charge in [-0.05, 0) is 42.5 Å². The van der Waals surface area contributed by atoms with Crippen molar-refractivity contribution in [1.82, 2.24) is 15.3 Å². The van der Waals surface area contributed by atoms with Gasteiger partial charge in [-0.15, -0.1) is 0 Å². The summed E-state index contributed by atoms with van der Waals surface area (Å²) in [6.45, 7) is -0.144. The first kappa shape index (κ1) is 18.0. The predicted molar refractivity (Wildman–Crippen MR) is 105 cm³/mol. The summed E-state index contributed by atoms with van der Waals surface area (Å²) in [5.74, 6) is 0.0835. The average Bonchev–Trinajstić information content (AvgIpc) is 2.67. The Kier molecular flexibility index (Phi) is 5.14. The molecule has 1 N–H and O–H groups in total. The van der Waals surface area contributed by atoms with Crippen LogP contribution in [0, 0.1) is 0 Å². The van der Waals surface area contributed by atoms with Crippen molar-refractivity contribution in [2.45, 2.75) is 25.3 Å². The lowest BCUT2D eigenvalue weighted by molar-refractivity contribution is -0.124. The van der Waals surface area contributed by atoms with E-state index in [9.17, 15) is 4.79 Å². The van der Waals surface area contributed by atoms with Gasteiger partial charge in [0, 0.05) is 5.02 Å². The maximum atomic E-state index is 12.4. The molecule has 0 bridgehead atoms. The number of fused-ring (bicyclic) bond motifs is 2. The van der Waals surface area contributed by atoms with Crippen molar-refractivity contribution in [3.63, 3.8) is 0 Å². The Balaban J connectivity index is 1.47. The van der Waals surface area contributed by atoms with E-state index in [1.54, 1.807) is 12.1 Å². The number of carbonyl (C=O) groups excluding carboxylic acids is 1. The number of hydrogen-bond acceptors (Lipinski definition) is 4. The highest BCUT2D eigenvalue weighted by Gasteiger charge is 2.21. The Bertz CT molecular complexity index is 1010. The second-order valence-corrected chi connectivity index (χ2v) is 7.31. The molecule has 138 valence electrons. The molecule has 1 amide bonds. The zero-order valence-electron chi connectivity index (χ0n) is 14.4. The van der Waals surface area contributed by atoms with E-state index < -0.39 is 0 Å². The maximum absolute atomic E-state index is 12.4. The second-order valence-electron chi connectivity index (χ2n) is 6.46. The number of aryl methyl sites for hydroxylation is 1. The summed E-state index contributed by atoms with van der Waals surface area (Å²) in [6.07, 6.45) is 4.38. The van der Waals surface area contributed by atoms with Gasteiger partial charge in [0.1, 0.15) is 6.33 Å². The number of benzene rings is 2. The third kappa shape index (κ3) is 3.84. The minimum absolute atomic E-state index is 0.0112. The molecule has 1 aromatic heterocycles. The van der Waals surface area contributed by atoms with Crippen LogP contribution in [0.1, 0.15) is 30.0 Å². The third-order valence-corrected chi connectivity index (χ3v) is 5.17. The van der Waals surface area contributed by atoms with Gasteiger partial charge in [-0.1, -0.05) is 47.5 Å². The highest BCUT2D eigenvalue weighted by Crippen LogP contribution is 2.31. The molecule has 1 aliphatic rings. The molecular formula is C20H17Cl2N3O2. The smallest absolute Gasteiger partial charge is 0.258 e. The second kappa shape index (κ2) is 7.71. The van der Waals surface area contributed by atoms with Crippen molar-refractivity contribution in [3.8, 4) is 5.88 Å². The van der Waals surface area contributed by atoms with Crippen molar-refractivity contribution in [2.24, 2.45) is 0 Å². The molecule has 0 aliphatic heterocycles. The number of nitrogens with zero attached hydrogens (tertiary/aromatic N) is 2. The molecule has 0 saturated heterocycles. The van der Waals surface area contributed by atoms with Crippen LogP contribution in [0.2, 0.25) is 10.0 Å². The molecule has 1 atom stereocenters. The van der Waals surface area contributed by atoms with E-state index in [0.717, 1.165) is 19.3 Å². The van der Waals surface area contributed by atoms with E-state index >= 15 is 0 Å². The summed E-state index contributed by atoms with van der Waals surface area (Å²) in [4.78, 5) is 20.7. The lowest BCUT2D eigenvalue weighted by Crippen LogP contribution is -2.34. The number of carbonyl (C=O) groups is 1. The summed E-state index contributed by atoms with van der Waals surface area (Å²) in [6, 6.07) is 11.5. The van der Waals surface area contributed by atoms with E-state index in [1.807, 2.05) is 12.1 Å². The third-order valence-electron chi connectivity index (χ3n) is 4.67. The monoisotopic (exact) mass is 401 g/mol. The Morgan fingerprint density at radius 2 is 2.07 bits per heavy atom. The van der Waals surface area contributed by atoms with E-state index in [4.69, 9.17) is 27.9 Å². The molecule has 3 aromatic rings. The van der Waals surface area contributed by atoms with Crippen molar-refractivity contribution < 1.29 is 9.53 Å². The molecule has 1 heterocycles. The van der Waals surface area contributed by atoms with Crippen molar-refractivity contribution >= 4 is 40.0 Å². The van der Waals surface area contributed by atoms with Crippen LogP contribution in [-0.4, -0.2) is 22.5 Å². The van der Waals surface area contributed by atoms with Crippen molar-refractivity contribution in [3.05, 3.63) is 63.9 Å². The Hall–Kier alpha value is -2.37. The summed E-state index contributed by atoms with van der Waals surface area (Å²) in [7, 11) is 0. The number of ether oxygens (including phenoxy) is 1. The molecule has 0 fully saturated rings. The van der Waals surface area contributed by atoms with Crippen LogP contribution < -0.4 is 10.1 Å². The fourth-order valence-corrected chi connectivity index (χ4v) is 4.00. The quantitative estimate of drug-likeness (QED) is 0.698. The Morgan fingerprint density at radius 3 is 2.96 bits per heavy atom. The molecule has 0 radical (unpaired) electrons. The first-order chi connectivity index (χ1) is 13.1. The number of hydrogen-bond donors (Lipinski definition) is 1. The van der Waals surface area contributed by atoms with Gasteiger partial charge in [-0.2, -0.15) is 0 Å². The average molecular weight is 402 g/mol. The van der Waals surface area contributed by atoms with Gasteiger partial charge < -0.3 is 10.1 Å². The molecule has 27 heavy (non-hydrogen) atoms. The number of halogens is 2. The van der Waals surface area contributed by atoms with E-state index in [1.165, 1.54) is 17.5 Å². The van der Waals surface area contributed by atoms with Crippen LogP contribution in [0.3, 0.4) is 0 Å². The summed E-state index contributed by atoms with van der Waals surface area (Å²) >= 11 is 12.2. The largest absolute Gasteiger partial charge is 0.467 e. The highest BCUT2D eigenvalue weighted by molar-refractivity contribution is 6.38. The van der Waals surface area contributed by atoms with Gasteiger partial charge in [0.2, 0.25) is 5.88 Å². The van der Waals surface area contributed by atoms with Crippen LogP contribution in [0.5, 0.6) is 5.88 Å². The van der Waals surface area contributed by atoms with Gasteiger partial charge in [-0.25, -0.2) is 9.97 Å². The van der Waals surface area contributed by atoms with Gasteiger partial charge >= 0.3 is 0 Å². The van der Waals surface area contributed by atoms with Crippen molar-refractivity contribution in [2.75, 3.05) is 6.61 Å². The van der Waals surface area contributed by atoms with Crippen LogP contribution in [0.4, 0.5) is 0 Å². The molecule has 2 aromatic carbocycles. The number of amides is 1. The topological polar surface area (TPSA) is 64.1 Å². The molecule has 4 rings (SSSR count). The van der Waals surface area contributed by atoms with E-state index in [2.05, 4.69) is 27.4 Å². The molecular weight excluding hydrogens is 385 g/mol. The predicted octanol–water partition coefficient (Wildman–Crippen LogP) is 4.51. The van der Waals surface area contributed by atoms with Crippen LogP contribution >= 0.6 is 23.2 Å². The number of aromatic nitrogens is 2. The zero-order valence-corrected chi connectivity index (χ0v) is 15.9. The zero-order chi connectivity index (χ0) is 18.8. The van der Waals surface area contributed by atoms with E-state index in [-0.39, 0.29) is 24.4 Å². The van der Waals surface area contributed by atoms with Gasteiger partial charge in [0.25, 0.3) is 5.91 Å². The minimum Gasteiger partial charge on any atom is -0.467 e. The number of nitrogens with one attached hydrogen (secondary N) is 1. The lowest BCUT2D eigenvalue weighted by Gasteiger charge is -2.26. The van der Waals surface area contributed by atoms with Gasteiger partial charge in [0.05, 0.1) is 22.0 Å². The number of rotatable bonds is 4. The highest BCUT2D eigenvalue weighted by atomic mass is 35.5. The summed E-state index contributed by atoms with van der Waals surface area (Å²) in [5, 5.41) is 4.50. The summed E-state index contributed by atoms with van der Waals surface area (Å²) in [5.41, 5.74) is 3.01. The standard InChI is InChI=1S/C20H17Cl2N3O2/c21-13-8-15-19(16(22)9-13)23-11-24-20(15)27-10-18(26)25-17-7-3-5-12-4-1-2-6-14(12)17/h1-2,4,6,8-9,11,17H,3,5,7,10H2,(H,25,26). The lowest BCUT2D eigenvalue weighted by atomic mass is 9.88. The van der Waals surface area contributed by atoms with Crippen LogP contribution in [-0.2, 0) is 11.2 Å². The molecule has 0 saturated carbocycles. The molecule has 0 spiro atoms. The minimum atomic E-state index is -0.198. The Morgan fingerprint density at radius 1 is 1.22 bits per heavy atom. The normalized spacial score (nSPS) is 16.0. The van der Waals surface area contributed by atoms with E-state index in [0.29, 0.717) is 20.9 Å². The fourth-order valence-electron chi connectivity index (χ4n) is 3.46. The molecule has 1 aliphatic carbocycles. The molecule has 1 unspecified atom stereocenters. The van der Waals surface area contributed by atoms with Gasteiger partial charge in [-0.3, -0.25) is 4.79 Å². The van der Waals surface area contributed by atoms with Crippen LogP contribution in [0.25, 0.3) is 10.9 Å². The summed E-state index contributed by atoms with van der Waals surface area (Å²) < 4.78 is 5.64. The Labute approximate surface area is 166 Å². The fraction of sp³-hybridized carbons (Fsp3) is 0.250. The molecule has 7 heteroatoms. The first-order valence-electron chi connectivity index (χ1n) is 8.71. The first-order valence-corrected chi connectivity index (χ1v) is 9.47. The van der Waals surface area contributed by atoms with Crippen molar-refractivity contribution in [1.29, 1.82) is 0 Å². The van der Waals surface area contributed by atoms with Crippen LogP contribution in [0.15, 0.2) is 42.7 Å². The van der Waals surface area contributed by atoms with Gasteiger partial charge in [0.15, 0.2) is 6.61 Å².